The van der Waals surface area contributed by atoms with Crippen molar-refractivity contribution in [1.29, 1.82) is 0 Å². The standard InChI is InChI=1S/C12H19ClN4/c1-9-6-11(13)15-12(14-9)8-17-5-4-10(7-17)16(2)3/h6,10H,4-5,7-8H2,1-3H3. The van der Waals surface area contributed by atoms with E-state index >= 15 is 0 Å². The van der Waals surface area contributed by atoms with Crippen LogP contribution < -0.4 is 0 Å². The molecule has 1 unspecified atom stereocenters. The normalized spacial score (nSPS) is 21.4. The molecule has 2 heterocycles. The zero-order valence-corrected chi connectivity index (χ0v) is 11.4. The van der Waals surface area contributed by atoms with Crippen LogP contribution in [0.5, 0.6) is 0 Å². The van der Waals surface area contributed by atoms with Crippen LogP contribution in [0.3, 0.4) is 0 Å². The number of rotatable bonds is 3. The van der Waals surface area contributed by atoms with Crippen molar-refractivity contribution in [2.75, 3.05) is 27.2 Å². The summed E-state index contributed by atoms with van der Waals surface area (Å²) in [6.07, 6.45) is 1.21. The van der Waals surface area contributed by atoms with Crippen LogP contribution >= 0.6 is 11.6 Å². The first-order valence-corrected chi connectivity index (χ1v) is 6.31. The summed E-state index contributed by atoms with van der Waals surface area (Å²) >= 11 is 5.94. The van der Waals surface area contributed by atoms with Crippen LogP contribution in [-0.2, 0) is 6.54 Å². The molecule has 0 aromatic carbocycles. The molecule has 1 atom stereocenters. The monoisotopic (exact) mass is 254 g/mol. The van der Waals surface area contributed by atoms with E-state index in [2.05, 4.69) is 33.9 Å². The van der Waals surface area contributed by atoms with E-state index in [9.17, 15) is 0 Å². The molecule has 0 amide bonds. The lowest BCUT2D eigenvalue weighted by atomic mass is 10.2. The van der Waals surface area contributed by atoms with Crippen molar-refractivity contribution in [3.63, 3.8) is 0 Å². The molecule has 1 aliphatic heterocycles. The molecule has 1 fully saturated rings. The van der Waals surface area contributed by atoms with Gasteiger partial charge in [0, 0.05) is 24.8 Å². The summed E-state index contributed by atoms with van der Waals surface area (Å²) in [5.41, 5.74) is 0.934. The largest absolute Gasteiger partial charge is 0.305 e. The molecule has 0 radical (unpaired) electrons. The molecule has 0 aliphatic carbocycles. The second kappa shape index (κ2) is 5.29. The summed E-state index contributed by atoms with van der Waals surface area (Å²) < 4.78 is 0. The van der Waals surface area contributed by atoms with E-state index in [4.69, 9.17) is 11.6 Å². The first kappa shape index (κ1) is 12.7. The Labute approximate surface area is 108 Å². The van der Waals surface area contributed by atoms with Gasteiger partial charge in [-0.05, 0) is 33.5 Å². The van der Waals surface area contributed by atoms with Gasteiger partial charge in [0.25, 0.3) is 0 Å². The summed E-state index contributed by atoms with van der Waals surface area (Å²) in [4.78, 5) is 13.3. The Kier molecular flexibility index (Phi) is 3.97. The van der Waals surface area contributed by atoms with E-state index in [0.717, 1.165) is 31.2 Å². The lowest BCUT2D eigenvalue weighted by Gasteiger charge is -2.19. The summed E-state index contributed by atoms with van der Waals surface area (Å²) in [6.45, 7) is 4.94. The van der Waals surface area contributed by atoms with Gasteiger partial charge >= 0.3 is 0 Å². The predicted octanol–water partition coefficient (Wildman–Crippen LogP) is 1.57. The van der Waals surface area contributed by atoms with Gasteiger partial charge in [0.2, 0.25) is 0 Å². The van der Waals surface area contributed by atoms with Gasteiger partial charge in [-0.3, -0.25) is 4.90 Å². The third-order valence-corrected chi connectivity index (χ3v) is 3.41. The lowest BCUT2D eigenvalue weighted by molar-refractivity contribution is 0.261. The van der Waals surface area contributed by atoms with Crippen LogP contribution in [0.2, 0.25) is 5.15 Å². The zero-order valence-electron chi connectivity index (χ0n) is 10.6. The van der Waals surface area contributed by atoms with E-state index in [1.54, 1.807) is 6.07 Å². The van der Waals surface area contributed by atoms with E-state index in [-0.39, 0.29) is 0 Å². The first-order chi connectivity index (χ1) is 8.04. The smallest absolute Gasteiger partial charge is 0.144 e. The molecule has 4 nitrogen and oxygen atoms in total. The van der Waals surface area contributed by atoms with Crippen LogP contribution in [0.1, 0.15) is 17.9 Å². The first-order valence-electron chi connectivity index (χ1n) is 5.93. The molecular weight excluding hydrogens is 236 g/mol. The highest BCUT2D eigenvalue weighted by atomic mass is 35.5. The van der Waals surface area contributed by atoms with E-state index in [1.165, 1.54) is 6.42 Å². The number of nitrogens with zero attached hydrogens (tertiary/aromatic N) is 4. The maximum Gasteiger partial charge on any atom is 0.144 e. The van der Waals surface area contributed by atoms with Gasteiger partial charge in [0.05, 0.1) is 6.54 Å². The zero-order chi connectivity index (χ0) is 12.4. The summed E-state index contributed by atoms with van der Waals surface area (Å²) in [6, 6.07) is 2.44. The van der Waals surface area contributed by atoms with Crippen LogP contribution in [0, 0.1) is 6.92 Å². The van der Waals surface area contributed by atoms with Gasteiger partial charge in [-0.1, -0.05) is 11.6 Å². The SMILES string of the molecule is Cc1cc(Cl)nc(CN2CCC(N(C)C)C2)n1. The van der Waals surface area contributed by atoms with E-state index < -0.39 is 0 Å². The Bertz CT molecular complexity index is 374. The Morgan fingerprint density at radius 3 is 2.82 bits per heavy atom. The maximum atomic E-state index is 5.94. The summed E-state index contributed by atoms with van der Waals surface area (Å²) in [7, 11) is 4.27. The topological polar surface area (TPSA) is 32.3 Å². The fraction of sp³-hybridized carbons (Fsp3) is 0.667. The molecule has 2 rings (SSSR count). The van der Waals surface area contributed by atoms with Crippen molar-refractivity contribution >= 4 is 11.6 Å². The second-order valence-corrected chi connectivity index (χ2v) is 5.28. The van der Waals surface area contributed by atoms with Gasteiger partial charge in [0.1, 0.15) is 11.0 Å². The molecule has 0 N–H and O–H groups in total. The molecule has 0 bridgehead atoms. The number of hydrogen-bond donors (Lipinski definition) is 0. The number of hydrogen-bond acceptors (Lipinski definition) is 4. The number of likely N-dealkylation sites (N-methyl/N-ethyl adjacent to an activating group) is 1. The van der Waals surface area contributed by atoms with Crippen LogP contribution in [0.25, 0.3) is 0 Å². The molecule has 0 spiro atoms. The van der Waals surface area contributed by atoms with Gasteiger partial charge in [-0.25, -0.2) is 9.97 Å². The van der Waals surface area contributed by atoms with Gasteiger partial charge < -0.3 is 4.90 Å². The third kappa shape index (κ3) is 3.37. The quantitative estimate of drug-likeness (QED) is 0.767. The van der Waals surface area contributed by atoms with Gasteiger partial charge in [-0.15, -0.1) is 0 Å². The van der Waals surface area contributed by atoms with Crippen molar-refractivity contribution in [2.45, 2.75) is 25.9 Å². The second-order valence-electron chi connectivity index (χ2n) is 4.89. The number of halogens is 1. The molecule has 17 heavy (non-hydrogen) atoms. The molecule has 0 saturated carbocycles. The summed E-state index contributed by atoms with van der Waals surface area (Å²) in [5.74, 6) is 0.828. The molecule has 5 heteroatoms. The van der Waals surface area contributed by atoms with Crippen molar-refractivity contribution < 1.29 is 0 Å². The lowest BCUT2D eigenvalue weighted by Crippen LogP contribution is -2.31. The summed E-state index contributed by atoms with van der Waals surface area (Å²) in [5, 5.41) is 0.538. The Hall–Kier alpha value is -0.710. The van der Waals surface area contributed by atoms with Crippen molar-refractivity contribution in [2.24, 2.45) is 0 Å². The maximum absolute atomic E-state index is 5.94. The van der Waals surface area contributed by atoms with Crippen molar-refractivity contribution in [1.82, 2.24) is 19.8 Å². The molecule has 94 valence electrons. The fourth-order valence-corrected chi connectivity index (χ4v) is 2.49. The number of likely N-dealkylation sites (tertiary alicyclic amines) is 1. The van der Waals surface area contributed by atoms with Crippen LogP contribution in [0.4, 0.5) is 0 Å². The minimum absolute atomic E-state index is 0.538. The fourth-order valence-electron chi connectivity index (χ4n) is 2.24. The average Bonchev–Trinajstić information content (AvgIpc) is 2.64. The minimum Gasteiger partial charge on any atom is -0.305 e. The average molecular weight is 255 g/mol. The van der Waals surface area contributed by atoms with E-state index in [0.29, 0.717) is 11.2 Å². The van der Waals surface area contributed by atoms with Gasteiger partial charge in [-0.2, -0.15) is 0 Å². The van der Waals surface area contributed by atoms with Crippen LogP contribution in [-0.4, -0.2) is 53.0 Å². The number of aromatic nitrogens is 2. The highest BCUT2D eigenvalue weighted by molar-refractivity contribution is 6.29. The molecule has 1 aromatic rings. The molecule has 1 aromatic heterocycles. The van der Waals surface area contributed by atoms with Crippen LogP contribution in [0.15, 0.2) is 6.07 Å². The number of aryl methyl sites for hydroxylation is 1. The molecule has 1 saturated heterocycles. The third-order valence-electron chi connectivity index (χ3n) is 3.21. The highest BCUT2D eigenvalue weighted by Gasteiger charge is 2.24. The Balaban J connectivity index is 1.98. The van der Waals surface area contributed by atoms with Crippen molar-refractivity contribution in [3.05, 3.63) is 22.7 Å². The van der Waals surface area contributed by atoms with E-state index in [1.807, 2.05) is 6.92 Å². The predicted molar refractivity (Wildman–Crippen MR) is 69.1 cm³/mol. The van der Waals surface area contributed by atoms with Gasteiger partial charge in [0.15, 0.2) is 0 Å². The Morgan fingerprint density at radius 2 is 2.24 bits per heavy atom. The minimum atomic E-state index is 0.538. The molecule has 1 aliphatic rings. The molecular formula is C12H19ClN4. The Morgan fingerprint density at radius 1 is 1.47 bits per heavy atom. The highest BCUT2D eigenvalue weighted by Crippen LogP contribution is 2.16. The van der Waals surface area contributed by atoms with Crippen molar-refractivity contribution in [3.8, 4) is 0 Å².